The van der Waals surface area contributed by atoms with E-state index in [9.17, 15) is 9.59 Å². The molecule has 1 atom stereocenters. The second-order valence-electron chi connectivity index (χ2n) is 7.11. The quantitative estimate of drug-likeness (QED) is 0.832. The van der Waals surface area contributed by atoms with Gasteiger partial charge in [-0.15, -0.1) is 0 Å². The fourth-order valence-corrected chi connectivity index (χ4v) is 3.68. The van der Waals surface area contributed by atoms with E-state index >= 15 is 0 Å². The molecular formula is C18H28N4O3. The standard InChI is InChI=1S/C18H28N4O3/c1-21-18(24)11-15(12-20-21)22-8-9-25-16(13-22)6-7-19-17(23)10-14-4-2-3-5-14/h11-12,14,16H,2-10,13H2,1H3,(H,19,23). The van der Waals surface area contributed by atoms with Crippen LogP contribution in [0.1, 0.15) is 38.5 Å². The highest BCUT2D eigenvalue weighted by atomic mass is 16.5. The summed E-state index contributed by atoms with van der Waals surface area (Å²) in [7, 11) is 1.64. The lowest BCUT2D eigenvalue weighted by atomic mass is 10.0. The number of nitrogens with zero attached hydrogens (tertiary/aromatic N) is 3. The zero-order valence-electron chi connectivity index (χ0n) is 14.9. The van der Waals surface area contributed by atoms with Gasteiger partial charge in [0.25, 0.3) is 5.56 Å². The molecule has 1 saturated carbocycles. The van der Waals surface area contributed by atoms with Gasteiger partial charge in [0, 0.05) is 39.2 Å². The molecule has 0 radical (unpaired) electrons. The molecule has 1 amide bonds. The van der Waals surface area contributed by atoms with Crippen LogP contribution < -0.4 is 15.8 Å². The maximum absolute atomic E-state index is 12.0. The van der Waals surface area contributed by atoms with Crippen LogP contribution in [0.5, 0.6) is 0 Å². The Labute approximate surface area is 148 Å². The fourth-order valence-electron chi connectivity index (χ4n) is 3.68. The Morgan fingerprint density at radius 3 is 2.96 bits per heavy atom. The van der Waals surface area contributed by atoms with Crippen molar-refractivity contribution in [3.8, 4) is 0 Å². The summed E-state index contributed by atoms with van der Waals surface area (Å²) in [5.74, 6) is 0.741. The van der Waals surface area contributed by atoms with Crippen molar-refractivity contribution in [3.05, 3.63) is 22.6 Å². The highest BCUT2D eigenvalue weighted by Crippen LogP contribution is 2.27. The van der Waals surface area contributed by atoms with Crippen LogP contribution in [0, 0.1) is 5.92 Å². The van der Waals surface area contributed by atoms with Crippen molar-refractivity contribution in [3.63, 3.8) is 0 Å². The third-order valence-corrected chi connectivity index (χ3v) is 5.19. The topological polar surface area (TPSA) is 76.5 Å². The van der Waals surface area contributed by atoms with Crippen LogP contribution in [0.25, 0.3) is 0 Å². The monoisotopic (exact) mass is 348 g/mol. The van der Waals surface area contributed by atoms with Crippen LogP contribution >= 0.6 is 0 Å². The van der Waals surface area contributed by atoms with Crippen LogP contribution in [-0.4, -0.2) is 48.0 Å². The minimum Gasteiger partial charge on any atom is -0.374 e. The van der Waals surface area contributed by atoms with Crippen molar-refractivity contribution in [2.75, 3.05) is 31.1 Å². The molecular weight excluding hydrogens is 320 g/mol. The van der Waals surface area contributed by atoms with E-state index in [0.29, 0.717) is 32.0 Å². The summed E-state index contributed by atoms with van der Waals surface area (Å²) in [6.45, 7) is 2.72. The number of anilines is 1. The Kier molecular flexibility index (Phi) is 6.07. The average molecular weight is 348 g/mol. The molecule has 25 heavy (non-hydrogen) atoms. The Bertz CT molecular complexity index is 639. The Balaban J connectivity index is 1.42. The van der Waals surface area contributed by atoms with Gasteiger partial charge in [-0.1, -0.05) is 12.8 Å². The average Bonchev–Trinajstić information content (AvgIpc) is 3.10. The molecule has 7 nitrogen and oxygen atoms in total. The molecule has 7 heteroatoms. The molecule has 1 unspecified atom stereocenters. The van der Waals surface area contributed by atoms with E-state index in [4.69, 9.17) is 4.74 Å². The molecule has 1 aliphatic carbocycles. The molecule has 1 aliphatic heterocycles. The third-order valence-electron chi connectivity index (χ3n) is 5.19. The number of aromatic nitrogens is 2. The lowest BCUT2D eigenvalue weighted by Crippen LogP contribution is -2.44. The van der Waals surface area contributed by atoms with Crippen molar-refractivity contribution < 1.29 is 9.53 Å². The van der Waals surface area contributed by atoms with Gasteiger partial charge >= 0.3 is 0 Å². The molecule has 0 aromatic carbocycles. The Morgan fingerprint density at radius 2 is 2.20 bits per heavy atom. The number of amides is 1. The van der Waals surface area contributed by atoms with E-state index in [1.807, 2.05) is 0 Å². The summed E-state index contributed by atoms with van der Waals surface area (Å²) in [6.07, 6.45) is 8.14. The summed E-state index contributed by atoms with van der Waals surface area (Å²) in [6, 6.07) is 1.61. The minimum atomic E-state index is -0.111. The zero-order chi connectivity index (χ0) is 17.6. The van der Waals surface area contributed by atoms with Gasteiger partial charge in [0.2, 0.25) is 5.91 Å². The van der Waals surface area contributed by atoms with Gasteiger partial charge in [0.1, 0.15) is 0 Å². The number of aryl methyl sites for hydroxylation is 1. The second-order valence-corrected chi connectivity index (χ2v) is 7.11. The molecule has 138 valence electrons. The van der Waals surface area contributed by atoms with Crippen LogP contribution in [0.2, 0.25) is 0 Å². The van der Waals surface area contributed by atoms with E-state index in [2.05, 4.69) is 15.3 Å². The maximum Gasteiger partial charge on any atom is 0.268 e. The molecule has 1 aromatic heterocycles. The lowest BCUT2D eigenvalue weighted by Gasteiger charge is -2.34. The molecule has 0 bridgehead atoms. The first-order chi connectivity index (χ1) is 12.1. The molecule has 2 heterocycles. The number of carbonyl (C=O) groups excluding carboxylic acids is 1. The first kappa shape index (κ1) is 17.9. The number of ether oxygens (including phenoxy) is 1. The SMILES string of the molecule is Cn1ncc(N2CCOC(CCNC(=O)CC3CCCC3)C2)cc1=O. The summed E-state index contributed by atoms with van der Waals surface area (Å²) >= 11 is 0. The molecule has 2 aliphatic rings. The summed E-state index contributed by atoms with van der Waals surface area (Å²) in [5, 5.41) is 7.10. The van der Waals surface area contributed by atoms with Gasteiger partial charge in [-0.2, -0.15) is 5.10 Å². The van der Waals surface area contributed by atoms with Gasteiger partial charge in [0.05, 0.1) is 24.6 Å². The van der Waals surface area contributed by atoms with Crippen LogP contribution in [0.15, 0.2) is 17.1 Å². The molecule has 1 saturated heterocycles. The van der Waals surface area contributed by atoms with E-state index in [0.717, 1.165) is 18.7 Å². The molecule has 1 aromatic rings. The van der Waals surface area contributed by atoms with Gasteiger partial charge < -0.3 is 15.0 Å². The minimum absolute atomic E-state index is 0.0598. The number of hydrogen-bond acceptors (Lipinski definition) is 5. The van der Waals surface area contributed by atoms with Crippen molar-refractivity contribution in [2.24, 2.45) is 13.0 Å². The molecule has 1 N–H and O–H groups in total. The molecule has 3 rings (SSSR count). The van der Waals surface area contributed by atoms with Gasteiger partial charge in [-0.25, -0.2) is 4.68 Å². The highest BCUT2D eigenvalue weighted by molar-refractivity contribution is 5.76. The number of rotatable bonds is 6. The first-order valence-electron chi connectivity index (χ1n) is 9.28. The lowest BCUT2D eigenvalue weighted by molar-refractivity contribution is -0.122. The first-order valence-corrected chi connectivity index (χ1v) is 9.28. The van der Waals surface area contributed by atoms with Crippen molar-refractivity contribution in [1.29, 1.82) is 0 Å². The Hall–Kier alpha value is -1.89. The van der Waals surface area contributed by atoms with Gasteiger partial charge in [-0.3, -0.25) is 9.59 Å². The summed E-state index contributed by atoms with van der Waals surface area (Å²) < 4.78 is 7.12. The van der Waals surface area contributed by atoms with E-state index in [-0.39, 0.29) is 17.6 Å². The van der Waals surface area contributed by atoms with E-state index < -0.39 is 0 Å². The summed E-state index contributed by atoms with van der Waals surface area (Å²) in [4.78, 5) is 25.9. The van der Waals surface area contributed by atoms with Crippen LogP contribution in [-0.2, 0) is 16.6 Å². The van der Waals surface area contributed by atoms with E-state index in [1.54, 1.807) is 19.3 Å². The predicted octanol–water partition coefficient (Wildman–Crippen LogP) is 1.07. The summed E-state index contributed by atoms with van der Waals surface area (Å²) in [5.41, 5.74) is 0.724. The molecule has 0 spiro atoms. The van der Waals surface area contributed by atoms with Gasteiger partial charge in [0.15, 0.2) is 0 Å². The Morgan fingerprint density at radius 1 is 1.40 bits per heavy atom. The number of hydrogen-bond donors (Lipinski definition) is 1. The smallest absolute Gasteiger partial charge is 0.268 e. The predicted molar refractivity (Wildman–Crippen MR) is 95.6 cm³/mol. The van der Waals surface area contributed by atoms with Crippen LogP contribution in [0.3, 0.4) is 0 Å². The normalized spacial score (nSPS) is 21.5. The van der Waals surface area contributed by atoms with Crippen molar-refractivity contribution >= 4 is 11.6 Å². The maximum atomic E-state index is 12.0. The largest absolute Gasteiger partial charge is 0.374 e. The highest BCUT2D eigenvalue weighted by Gasteiger charge is 2.22. The van der Waals surface area contributed by atoms with Crippen molar-refractivity contribution in [1.82, 2.24) is 15.1 Å². The second kappa shape index (κ2) is 8.47. The van der Waals surface area contributed by atoms with Crippen LogP contribution in [0.4, 0.5) is 5.69 Å². The third kappa shape index (κ3) is 5.04. The van der Waals surface area contributed by atoms with Gasteiger partial charge in [-0.05, 0) is 25.2 Å². The van der Waals surface area contributed by atoms with E-state index in [1.165, 1.54) is 30.4 Å². The zero-order valence-corrected chi connectivity index (χ0v) is 14.9. The fraction of sp³-hybridized carbons (Fsp3) is 0.722. The number of carbonyl (C=O) groups is 1. The van der Waals surface area contributed by atoms with Crippen molar-refractivity contribution in [2.45, 2.75) is 44.6 Å². The molecule has 2 fully saturated rings. The number of nitrogens with one attached hydrogen (secondary N) is 1. The number of morpholine rings is 1.